The van der Waals surface area contributed by atoms with Crippen molar-refractivity contribution in [2.45, 2.75) is 52.2 Å². The number of ether oxygens (including phenoxy) is 2. The molecular weight excluding hydrogens is 420 g/mol. The highest BCUT2D eigenvalue weighted by atomic mass is 32.2. The van der Waals surface area contributed by atoms with Crippen molar-refractivity contribution in [2.24, 2.45) is 5.41 Å². The van der Waals surface area contributed by atoms with Gasteiger partial charge in [-0.1, -0.05) is 13.8 Å². The maximum atomic E-state index is 12.8. The van der Waals surface area contributed by atoms with Crippen LogP contribution in [0, 0.1) is 16.7 Å². The zero-order valence-electron chi connectivity index (χ0n) is 18.0. The molecule has 3 rings (SSSR count). The first kappa shape index (κ1) is 23.1. The number of nitrogens with zero attached hydrogens (tertiary/aromatic N) is 2. The van der Waals surface area contributed by atoms with Crippen molar-refractivity contribution in [3.05, 3.63) is 22.4 Å². The third-order valence-corrected chi connectivity index (χ3v) is 7.50. The molecular formula is C22H30N2O4S2. The van der Waals surface area contributed by atoms with Gasteiger partial charge in [0.1, 0.15) is 11.6 Å². The maximum Gasteiger partial charge on any atom is 0.348 e. The van der Waals surface area contributed by atoms with E-state index >= 15 is 0 Å². The molecule has 0 unspecified atom stereocenters. The van der Waals surface area contributed by atoms with Gasteiger partial charge in [-0.3, -0.25) is 0 Å². The van der Waals surface area contributed by atoms with Gasteiger partial charge in [0.15, 0.2) is 0 Å². The lowest BCUT2D eigenvalue weighted by atomic mass is 9.72. The van der Waals surface area contributed by atoms with Crippen molar-refractivity contribution < 1.29 is 19.1 Å². The first-order valence-electron chi connectivity index (χ1n) is 10.5. The highest BCUT2D eigenvalue weighted by Gasteiger charge is 2.42. The summed E-state index contributed by atoms with van der Waals surface area (Å²) in [4.78, 5) is 27.9. The monoisotopic (exact) mass is 450 g/mol. The van der Waals surface area contributed by atoms with Crippen molar-refractivity contribution in [2.75, 3.05) is 36.6 Å². The van der Waals surface area contributed by atoms with Gasteiger partial charge in [0.25, 0.3) is 0 Å². The summed E-state index contributed by atoms with van der Waals surface area (Å²) in [5.41, 5.74) is 1.62. The summed E-state index contributed by atoms with van der Waals surface area (Å²) in [5.74, 6) is 1.50. The molecule has 0 aromatic heterocycles. The molecule has 2 saturated heterocycles. The molecule has 0 bridgehead atoms. The second-order valence-corrected chi connectivity index (χ2v) is 10.8. The van der Waals surface area contributed by atoms with Crippen LogP contribution in [0.1, 0.15) is 46.0 Å². The van der Waals surface area contributed by atoms with E-state index in [-0.39, 0.29) is 11.0 Å². The van der Waals surface area contributed by atoms with Crippen LogP contribution in [0.15, 0.2) is 22.4 Å². The predicted octanol–water partition coefficient (Wildman–Crippen LogP) is 3.89. The lowest BCUT2D eigenvalue weighted by Crippen LogP contribution is -2.38. The van der Waals surface area contributed by atoms with Gasteiger partial charge in [-0.05, 0) is 42.9 Å². The van der Waals surface area contributed by atoms with E-state index in [9.17, 15) is 14.9 Å². The number of hydrogen-bond donors (Lipinski definition) is 0. The van der Waals surface area contributed by atoms with Crippen molar-refractivity contribution >= 4 is 35.5 Å². The van der Waals surface area contributed by atoms with E-state index in [4.69, 9.17) is 9.47 Å². The highest BCUT2D eigenvalue weighted by molar-refractivity contribution is 8.02. The minimum Gasteiger partial charge on any atom is -0.421 e. The zero-order valence-corrected chi connectivity index (χ0v) is 19.6. The molecule has 0 saturated carbocycles. The summed E-state index contributed by atoms with van der Waals surface area (Å²) in [6.45, 7) is 6.02. The van der Waals surface area contributed by atoms with Crippen molar-refractivity contribution in [3.8, 4) is 6.07 Å². The molecule has 0 amide bonds. The van der Waals surface area contributed by atoms with Crippen LogP contribution >= 0.6 is 23.5 Å². The van der Waals surface area contributed by atoms with Crippen LogP contribution in [0.2, 0.25) is 0 Å². The van der Waals surface area contributed by atoms with Crippen LogP contribution < -0.4 is 0 Å². The molecule has 30 heavy (non-hydrogen) atoms. The number of thioether (sulfide) groups is 2. The highest BCUT2D eigenvalue weighted by Crippen LogP contribution is 2.45. The average molecular weight is 451 g/mol. The number of hydrogen-bond acceptors (Lipinski definition) is 8. The minimum atomic E-state index is -0.847. The van der Waals surface area contributed by atoms with E-state index in [1.54, 1.807) is 23.5 Å². The number of carbonyl (C=O) groups is 2. The molecule has 0 spiro atoms. The summed E-state index contributed by atoms with van der Waals surface area (Å²) in [7, 11) is 0. The quantitative estimate of drug-likeness (QED) is 0.250. The predicted molar refractivity (Wildman–Crippen MR) is 120 cm³/mol. The molecule has 8 heteroatoms. The maximum absolute atomic E-state index is 12.8. The van der Waals surface area contributed by atoms with Crippen LogP contribution in [0.5, 0.6) is 0 Å². The average Bonchev–Trinajstić information content (AvgIpc) is 3.21. The standard InChI is InChI=1S/C22H30N2O4S2/c1-22(2)12-15(16(14-23)17(13-22)24-7-4-5-8-24)19-20(25)27-18(28-21(19)26)6-9-30-11-10-29-3/h18H,4-13H2,1-3H3. The molecule has 3 aliphatic rings. The molecule has 2 aliphatic heterocycles. The number of cyclic esters (lactones) is 2. The summed E-state index contributed by atoms with van der Waals surface area (Å²) in [5, 5.41) is 9.93. The summed E-state index contributed by atoms with van der Waals surface area (Å²) >= 11 is 3.53. The lowest BCUT2D eigenvalue weighted by Gasteiger charge is -2.38. The molecule has 0 atom stereocenters. The molecule has 0 aromatic carbocycles. The van der Waals surface area contributed by atoms with Gasteiger partial charge < -0.3 is 14.4 Å². The van der Waals surface area contributed by atoms with E-state index in [1.807, 2.05) is 0 Å². The smallest absolute Gasteiger partial charge is 0.348 e. The van der Waals surface area contributed by atoms with Gasteiger partial charge >= 0.3 is 11.9 Å². The van der Waals surface area contributed by atoms with E-state index in [0.29, 0.717) is 24.0 Å². The third-order valence-electron chi connectivity index (χ3n) is 5.61. The Hall–Kier alpha value is -1.59. The van der Waals surface area contributed by atoms with E-state index in [0.717, 1.165) is 55.3 Å². The van der Waals surface area contributed by atoms with Gasteiger partial charge in [0.2, 0.25) is 6.29 Å². The Kier molecular flexibility index (Phi) is 7.81. The van der Waals surface area contributed by atoms with Gasteiger partial charge in [-0.2, -0.15) is 28.8 Å². The van der Waals surface area contributed by atoms with E-state index in [2.05, 4.69) is 31.1 Å². The second kappa shape index (κ2) is 10.1. The molecule has 6 nitrogen and oxygen atoms in total. The summed E-state index contributed by atoms with van der Waals surface area (Å²) in [6, 6.07) is 2.28. The van der Waals surface area contributed by atoms with Crippen LogP contribution in [0.25, 0.3) is 0 Å². The molecule has 0 N–H and O–H groups in total. The fourth-order valence-corrected chi connectivity index (χ4v) is 5.90. The van der Waals surface area contributed by atoms with Crippen LogP contribution in [0.4, 0.5) is 0 Å². The van der Waals surface area contributed by atoms with Gasteiger partial charge in [-0.15, -0.1) is 0 Å². The number of esters is 2. The Labute approximate surface area is 187 Å². The summed E-state index contributed by atoms with van der Waals surface area (Å²) < 4.78 is 10.9. The Bertz CT molecular complexity index is 771. The van der Waals surface area contributed by atoms with Crippen molar-refractivity contribution in [3.63, 3.8) is 0 Å². The van der Waals surface area contributed by atoms with Crippen LogP contribution in [-0.2, 0) is 19.1 Å². The van der Waals surface area contributed by atoms with E-state index in [1.165, 1.54) is 0 Å². The Morgan fingerprint density at radius 1 is 1.10 bits per heavy atom. The Balaban J connectivity index is 1.83. The lowest BCUT2D eigenvalue weighted by molar-refractivity contribution is -0.194. The van der Waals surface area contributed by atoms with Gasteiger partial charge in [0, 0.05) is 42.5 Å². The van der Waals surface area contributed by atoms with Crippen LogP contribution in [0.3, 0.4) is 0 Å². The number of rotatable bonds is 7. The number of allylic oxidation sites excluding steroid dienone is 3. The van der Waals surface area contributed by atoms with Crippen LogP contribution in [-0.4, -0.2) is 59.7 Å². The first-order valence-corrected chi connectivity index (χ1v) is 13.0. The molecule has 164 valence electrons. The fraction of sp³-hybridized carbons (Fsp3) is 0.682. The topological polar surface area (TPSA) is 79.6 Å². The van der Waals surface area contributed by atoms with Crippen molar-refractivity contribution in [1.82, 2.24) is 4.90 Å². The first-order chi connectivity index (χ1) is 14.4. The molecule has 2 fully saturated rings. The number of nitriles is 1. The Morgan fingerprint density at radius 3 is 2.37 bits per heavy atom. The Morgan fingerprint density at radius 2 is 1.77 bits per heavy atom. The largest absolute Gasteiger partial charge is 0.421 e. The number of likely N-dealkylation sites (tertiary alicyclic amines) is 1. The molecule has 0 aromatic rings. The molecule has 2 heterocycles. The van der Waals surface area contributed by atoms with Gasteiger partial charge in [-0.25, -0.2) is 9.59 Å². The summed E-state index contributed by atoms with van der Waals surface area (Å²) in [6.07, 6.45) is 5.11. The van der Waals surface area contributed by atoms with Gasteiger partial charge in [0.05, 0.1) is 5.57 Å². The third kappa shape index (κ3) is 5.36. The molecule has 0 radical (unpaired) electrons. The number of carbonyl (C=O) groups excluding carboxylic acids is 2. The SMILES string of the molecule is CSCCSCCC1OC(=O)C(=C2CC(C)(C)CC(N3CCCC3)=C2C#N)C(=O)O1. The normalized spacial score (nSPS) is 24.1. The van der Waals surface area contributed by atoms with E-state index < -0.39 is 18.2 Å². The zero-order chi connectivity index (χ0) is 21.7. The minimum absolute atomic E-state index is 0.0951. The molecule has 1 aliphatic carbocycles. The second-order valence-electron chi connectivity index (χ2n) is 8.63. The fourth-order valence-electron chi connectivity index (χ4n) is 4.20. The van der Waals surface area contributed by atoms with Crippen molar-refractivity contribution in [1.29, 1.82) is 5.26 Å².